The molecule has 50 heavy (non-hydrogen) atoms. The van der Waals surface area contributed by atoms with Gasteiger partial charge in [0.2, 0.25) is 11.8 Å². The van der Waals surface area contributed by atoms with Crippen molar-refractivity contribution >= 4 is 74.6 Å². The third-order valence-corrected chi connectivity index (χ3v) is 13.6. The quantitative estimate of drug-likeness (QED) is 0.175. The number of thioether (sulfide) groups is 1. The SMILES string of the molecule is COc1ccc(N2C(=O)[C@H]3[C@H]4C[C@@H]([C@@H]3C2=O)[C@@H]2[C@H](c3cc(Cl)ccc3OCC(=O)Nc3cccc5ccccc35)c3sc(=O)[nH]c3S[C@H]42)cc1. The van der Waals surface area contributed by atoms with Crippen LogP contribution in [0.1, 0.15) is 22.8 Å². The van der Waals surface area contributed by atoms with Crippen LogP contribution in [-0.2, 0) is 14.4 Å². The third kappa shape index (κ3) is 4.89. The maximum absolute atomic E-state index is 14.2. The Morgan fingerprint density at radius 1 is 0.960 bits per heavy atom. The Kier molecular flexibility index (Phi) is 7.56. The van der Waals surface area contributed by atoms with Gasteiger partial charge in [-0.2, -0.15) is 0 Å². The molecule has 0 radical (unpaired) electrons. The number of methoxy groups -OCH3 is 1. The maximum Gasteiger partial charge on any atom is 0.305 e. The minimum Gasteiger partial charge on any atom is -0.497 e. The van der Waals surface area contributed by atoms with Gasteiger partial charge in [-0.25, -0.2) is 0 Å². The first-order chi connectivity index (χ1) is 24.3. The third-order valence-electron chi connectivity index (χ3n) is 10.8. The van der Waals surface area contributed by atoms with Crippen molar-refractivity contribution in [1.82, 2.24) is 4.98 Å². The molecule has 12 heteroatoms. The van der Waals surface area contributed by atoms with Crippen molar-refractivity contribution in [2.24, 2.45) is 29.6 Å². The summed E-state index contributed by atoms with van der Waals surface area (Å²) in [6.07, 6.45) is 0.742. The Morgan fingerprint density at radius 2 is 1.72 bits per heavy atom. The van der Waals surface area contributed by atoms with E-state index in [1.165, 1.54) is 4.90 Å². The normalized spacial score (nSPS) is 26.1. The van der Waals surface area contributed by atoms with Gasteiger partial charge in [-0.05, 0) is 78.1 Å². The average Bonchev–Trinajstić information content (AvgIpc) is 3.86. The van der Waals surface area contributed by atoms with Crippen molar-refractivity contribution in [2.75, 3.05) is 23.9 Å². The molecule has 2 saturated carbocycles. The number of imide groups is 1. The Labute approximate surface area is 299 Å². The molecule has 252 valence electrons. The molecule has 9 rings (SSSR count). The zero-order valence-corrected chi connectivity index (χ0v) is 29.0. The zero-order valence-electron chi connectivity index (χ0n) is 26.6. The van der Waals surface area contributed by atoms with E-state index < -0.39 is 11.8 Å². The number of fused-ring (bicyclic) bond motifs is 10. The van der Waals surface area contributed by atoms with Crippen molar-refractivity contribution < 1.29 is 23.9 Å². The van der Waals surface area contributed by atoms with Crippen LogP contribution in [0.4, 0.5) is 11.4 Å². The van der Waals surface area contributed by atoms with E-state index in [0.717, 1.165) is 44.0 Å². The Hall–Kier alpha value is -4.58. The monoisotopic (exact) mass is 723 g/mol. The standard InChI is InChI=1S/C38H30ClN3O6S2/c1-47-21-12-10-20(11-13-21)42-36(44)31-24-16-25(32(31)37(42)45)33-30(24)29(34-35(49-33)41-38(46)50-34)23-15-19(39)9-14-27(23)48-17-28(43)40-26-8-4-6-18-5-2-3-7-22(18)26/h2-15,24-25,29-33H,16-17H2,1H3,(H,40,43)(H,41,46)/t24-,25-,29+,30-,31+,32+,33-/m1/s1. The van der Waals surface area contributed by atoms with E-state index in [-0.39, 0.29) is 58.1 Å². The van der Waals surface area contributed by atoms with Crippen LogP contribution in [0.15, 0.2) is 94.7 Å². The summed E-state index contributed by atoms with van der Waals surface area (Å²) in [7, 11) is 1.57. The summed E-state index contributed by atoms with van der Waals surface area (Å²) in [5, 5.41) is 6.18. The summed E-state index contributed by atoms with van der Waals surface area (Å²) in [6.45, 7) is -0.246. The van der Waals surface area contributed by atoms with Gasteiger partial charge in [0.1, 0.15) is 11.5 Å². The first-order valence-electron chi connectivity index (χ1n) is 16.4. The summed E-state index contributed by atoms with van der Waals surface area (Å²) < 4.78 is 11.5. The fraction of sp³-hybridized carbons (Fsp3) is 0.263. The molecule has 2 N–H and O–H groups in total. The predicted molar refractivity (Wildman–Crippen MR) is 194 cm³/mol. The number of aromatic nitrogens is 1. The van der Waals surface area contributed by atoms with Gasteiger partial charge < -0.3 is 19.8 Å². The van der Waals surface area contributed by atoms with E-state index in [1.54, 1.807) is 55.3 Å². The average molecular weight is 724 g/mol. The Bertz CT molecular complexity index is 2270. The van der Waals surface area contributed by atoms with Gasteiger partial charge in [-0.1, -0.05) is 59.3 Å². The van der Waals surface area contributed by atoms with Crippen LogP contribution < -0.4 is 24.6 Å². The minimum absolute atomic E-state index is 0.0157. The molecule has 9 nitrogen and oxygen atoms in total. The summed E-state index contributed by atoms with van der Waals surface area (Å²) in [4.78, 5) is 59.3. The number of nitrogens with zero attached hydrogens (tertiary/aromatic N) is 1. The molecule has 3 fully saturated rings. The molecular formula is C38H30ClN3O6S2. The highest BCUT2D eigenvalue weighted by molar-refractivity contribution is 8.00. The number of H-pyrrole nitrogens is 1. The molecular weight excluding hydrogens is 694 g/mol. The lowest BCUT2D eigenvalue weighted by Crippen LogP contribution is -2.42. The number of carbonyl (C=O) groups is 3. The van der Waals surface area contributed by atoms with E-state index in [2.05, 4.69) is 10.3 Å². The summed E-state index contributed by atoms with van der Waals surface area (Å²) in [5.74, 6) is -0.970. The fourth-order valence-electron chi connectivity index (χ4n) is 8.91. The lowest BCUT2D eigenvalue weighted by Gasteiger charge is -2.43. The van der Waals surface area contributed by atoms with Crippen molar-refractivity contribution in [3.63, 3.8) is 0 Å². The second-order valence-electron chi connectivity index (χ2n) is 13.2. The number of ether oxygens (including phenoxy) is 2. The fourth-order valence-corrected chi connectivity index (χ4v) is 12.0. The molecule has 4 aliphatic rings. The number of thiazole rings is 1. The maximum atomic E-state index is 14.2. The van der Waals surface area contributed by atoms with E-state index in [1.807, 2.05) is 48.5 Å². The number of benzene rings is 4. The number of aromatic amines is 1. The van der Waals surface area contributed by atoms with Crippen LogP contribution in [0.5, 0.6) is 11.5 Å². The first kappa shape index (κ1) is 31.4. The van der Waals surface area contributed by atoms with Crippen molar-refractivity contribution in [2.45, 2.75) is 22.6 Å². The number of hydrogen-bond donors (Lipinski definition) is 2. The highest BCUT2D eigenvalue weighted by atomic mass is 35.5. The van der Waals surface area contributed by atoms with Gasteiger partial charge in [0.05, 0.1) is 29.7 Å². The molecule has 3 heterocycles. The van der Waals surface area contributed by atoms with Crippen LogP contribution in [0.3, 0.4) is 0 Å². The van der Waals surface area contributed by atoms with Crippen molar-refractivity contribution in [1.29, 1.82) is 0 Å². The second kappa shape index (κ2) is 12.0. The van der Waals surface area contributed by atoms with Crippen molar-refractivity contribution in [3.8, 4) is 11.5 Å². The molecule has 0 unspecified atom stereocenters. The lowest BCUT2D eigenvalue weighted by molar-refractivity contribution is -0.123. The largest absolute Gasteiger partial charge is 0.497 e. The first-order valence-corrected chi connectivity index (χ1v) is 18.5. The minimum atomic E-state index is -0.466. The second-order valence-corrected chi connectivity index (χ2v) is 15.9. The van der Waals surface area contributed by atoms with Crippen LogP contribution >= 0.6 is 34.7 Å². The van der Waals surface area contributed by atoms with E-state index in [9.17, 15) is 19.2 Å². The van der Waals surface area contributed by atoms with Gasteiger partial charge in [-0.15, -0.1) is 11.8 Å². The van der Waals surface area contributed by atoms with Crippen LogP contribution in [0.25, 0.3) is 10.8 Å². The van der Waals surface area contributed by atoms with Gasteiger partial charge in [0, 0.05) is 37.7 Å². The smallest absolute Gasteiger partial charge is 0.305 e. The summed E-state index contributed by atoms with van der Waals surface area (Å²) >= 11 is 9.40. The molecule has 0 spiro atoms. The topological polar surface area (TPSA) is 118 Å². The van der Waals surface area contributed by atoms with Crippen molar-refractivity contribution in [3.05, 3.63) is 110 Å². The van der Waals surface area contributed by atoms with Crippen LogP contribution in [0, 0.1) is 29.6 Å². The highest BCUT2D eigenvalue weighted by Gasteiger charge is 2.70. The number of rotatable bonds is 7. The van der Waals surface area contributed by atoms with Crippen LogP contribution in [-0.4, -0.2) is 41.7 Å². The van der Waals surface area contributed by atoms with Gasteiger partial charge in [0.15, 0.2) is 6.61 Å². The Balaban J connectivity index is 1.04. The van der Waals surface area contributed by atoms with E-state index in [0.29, 0.717) is 27.9 Å². The number of halogens is 1. The molecule has 1 aromatic heterocycles. The predicted octanol–water partition coefficient (Wildman–Crippen LogP) is 6.95. The molecule has 2 bridgehead atoms. The number of hydrogen-bond acceptors (Lipinski definition) is 8. The van der Waals surface area contributed by atoms with Gasteiger partial charge in [-0.3, -0.25) is 24.1 Å². The molecule has 2 aliphatic heterocycles. The zero-order chi connectivity index (χ0) is 34.3. The van der Waals surface area contributed by atoms with Gasteiger partial charge in [0.25, 0.3) is 5.91 Å². The lowest BCUT2D eigenvalue weighted by atomic mass is 9.68. The molecule has 4 aromatic carbocycles. The Morgan fingerprint density at radius 3 is 2.52 bits per heavy atom. The molecule has 2 aliphatic carbocycles. The van der Waals surface area contributed by atoms with Gasteiger partial charge >= 0.3 is 4.87 Å². The van der Waals surface area contributed by atoms with E-state index >= 15 is 0 Å². The molecule has 5 aromatic rings. The molecule has 7 atom stereocenters. The molecule has 3 amide bonds. The number of anilines is 2. The summed E-state index contributed by atoms with van der Waals surface area (Å²) in [5.41, 5.74) is 1.99. The van der Waals surface area contributed by atoms with Crippen LogP contribution in [0.2, 0.25) is 5.02 Å². The number of nitrogens with one attached hydrogen (secondary N) is 2. The summed E-state index contributed by atoms with van der Waals surface area (Å²) in [6, 6.07) is 25.9. The highest BCUT2D eigenvalue weighted by Crippen LogP contribution is 2.69. The number of carbonyl (C=O) groups excluding carboxylic acids is 3. The molecule has 1 saturated heterocycles. The number of amides is 3. The van der Waals surface area contributed by atoms with E-state index in [4.69, 9.17) is 21.1 Å².